The fourth-order valence-corrected chi connectivity index (χ4v) is 2.25. The molecule has 138 valence electrons. The lowest BCUT2D eigenvalue weighted by atomic mass is 10.2. The van der Waals surface area contributed by atoms with Crippen molar-refractivity contribution in [2.24, 2.45) is 0 Å². The fourth-order valence-electron chi connectivity index (χ4n) is 2.25. The molecule has 0 aliphatic heterocycles. The van der Waals surface area contributed by atoms with E-state index in [9.17, 15) is 13.6 Å². The van der Waals surface area contributed by atoms with Gasteiger partial charge in [-0.1, -0.05) is 17.7 Å². The fraction of sp³-hybridized carbons (Fsp3) is 0.100. The van der Waals surface area contributed by atoms with Gasteiger partial charge >= 0.3 is 0 Å². The topological polar surface area (TPSA) is 63.2 Å². The average Bonchev–Trinajstić information content (AvgIpc) is 2.65. The van der Waals surface area contributed by atoms with Crippen LogP contribution < -0.4 is 15.4 Å². The van der Waals surface area contributed by atoms with Gasteiger partial charge in [0.2, 0.25) is 0 Å². The number of aromatic nitrogens is 1. The molecule has 0 radical (unpaired) electrons. The van der Waals surface area contributed by atoms with Crippen LogP contribution in [0.3, 0.4) is 0 Å². The van der Waals surface area contributed by atoms with E-state index < -0.39 is 11.6 Å². The van der Waals surface area contributed by atoms with E-state index in [1.54, 1.807) is 24.3 Å². The first-order valence-electron chi connectivity index (χ1n) is 8.17. The van der Waals surface area contributed by atoms with Gasteiger partial charge in [0.1, 0.15) is 23.2 Å². The predicted molar refractivity (Wildman–Crippen MR) is 99.2 cm³/mol. The number of aryl methyl sites for hydroxylation is 1. The van der Waals surface area contributed by atoms with Crippen molar-refractivity contribution in [3.63, 3.8) is 0 Å². The van der Waals surface area contributed by atoms with Crippen molar-refractivity contribution in [2.45, 2.75) is 6.92 Å². The molecule has 0 aliphatic carbocycles. The molecular formula is C20H17F2N3O2. The molecule has 3 aromatic rings. The molecule has 2 N–H and O–H groups in total. The third-order valence-corrected chi connectivity index (χ3v) is 3.63. The smallest absolute Gasteiger partial charge is 0.263 e. The third kappa shape index (κ3) is 5.24. The van der Waals surface area contributed by atoms with Gasteiger partial charge in [-0.2, -0.15) is 0 Å². The summed E-state index contributed by atoms with van der Waals surface area (Å²) < 4.78 is 32.0. The molecular weight excluding hydrogens is 352 g/mol. The summed E-state index contributed by atoms with van der Waals surface area (Å²) in [5.74, 6) is -0.779. The summed E-state index contributed by atoms with van der Waals surface area (Å²) in [5, 5.41) is 5.40. The summed E-state index contributed by atoms with van der Waals surface area (Å²) in [6.07, 6.45) is 1.43. The van der Waals surface area contributed by atoms with Gasteiger partial charge in [0.05, 0.1) is 17.6 Å². The SMILES string of the molecule is Cc1ccc(OCC(=O)Nc2ccc(Nc3ccc(F)cc3F)cn2)cc1. The van der Waals surface area contributed by atoms with Crippen molar-refractivity contribution in [3.8, 4) is 5.75 Å². The number of carbonyl (C=O) groups is 1. The predicted octanol–water partition coefficient (Wildman–Crippen LogP) is 4.43. The normalized spacial score (nSPS) is 10.3. The molecule has 1 aromatic heterocycles. The van der Waals surface area contributed by atoms with Crippen molar-refractivity contribution >= 4 is 23.1 Å². The lowest BCUT2D eigenvalue weighted by molar-refractivity contribution is -0.118. The van der Waals surface area contributed by atoms with Crippen molar-refractivity contribution in [3.05, 3.63) is 78.0 Å². The van der Waals surface area contributed by atoms with E-state index in [1.807, 2.05) is 19.1 Å². The zero-order valence-electron chi connectivity index (χ0n) is 14.5. The largest absolute Gasteiger partial charge is 0.484 e. The number of anilines is 3. The Hall–Kier alpha value is -3.48. The second kappa shape index (κ2) is 8.27. The Bertz CT molecular complexity index is 929. The summed E-state index contributed by atoms with van der Waals surface area (Å²) in [4.78, 5) is 16.0. The molecule has 0 atom stereocenters. The minimum absolute atomic E-state index is 0.126. The van der Waals surface area contributed by atoms with Crippen molar-refractivity contribution in [1.29, 1.82) is 0 Å². The van der Waals surface area contributed by atoms with E-state index in [0.717, 1.165) is 17.7 Å². The summed E-state index contributed by atoms with van der Waals surface area (Å²) in [6.45, 7) is 1.82. The Morgan fingerprint density at radius 3 is 2.52 bits per heavy atom. The van der Waals surface area contributed by atoms with Crippen molar-refractivity contribution in [1.82, 2.24) is 4.98 Å². The number of pyridine rings is 1. The zero-order chi connectivity index (χ0) is 19.2. The van der Waals surface area contributed by atoms with Crippen molar-refractivity contribution in [2.75, 3.05) is 17.2 Å². The lowest BCUT2D eigenvalue weighted by Gasteiger charge is -2.09. The van der Waals surface area contributed by atoms with Gasteiger partial charge in [-0.3, -0.25) is 4.79 Å². The van der Waals surface area contributed by atoms with Gasteiger partial charge in [0, 0.05) is 6.07 Å². The molecule has 0 fully saturated rings. The number of halogens is 2. The number of hydrogen-bond acceptors (Lipinski definition) is 4. The molecule has 7 heteroatoms. The maximum atomic E-state index is 13.6. The summed E-state index contributed by atoms with van der Waals surface area (Å²) in [6, 6.07) is 13.8. The molecule has 0 aliphatic rings. The van der Waals surface area contributed by atoms with Crippen LogP contribution in [0.25, 0.3) is 0 Å². The van der Waals surface area contributed by atoms with E-state index in [1.165, 1.54) is 12.3 Å². The number of nitrogens with one attached hydrogen (secondary N) is 2. The highest BCUT2D eigenvalue weighted by atomic mass is 19.1. The minimum atomic E-state index is -0.708. The van der Waals surface area contributed by atoms with Gasteiger partial charge in [0.25, 0.3) is 5.91 Å². The summed E-state index contributed by atoms with van der Waals surface area (Å²) in [7, 11) is 0. The van der Waals surface area contributed by atoms with E-state index >= 15 is 0 Å². The molecule has 1 amide bonds. The zero-order valence-corrected chi connectivity index (χ0v) is 14.5. The molecule has 3 rings (SSSR count). The molecule has 0 saturated heterocycles. The summed E-state index contributed by atoms with van der Waals surface area (Å²) >= 11 is 0. The number of hydrogen-bond donors (Lipinski definition) is 2. The maximum absolute atomic E-state index is 13.6. The Balaban J connectivity index is 1.53. The highest BCUT2D eigenvalue weighted by Crippen LogP contribution is 2.21. The number of amides is 1. The average molecular weight is 369 g/mol. The van der Waals surface area contributed by atoms with E-state index in [4.69, 9.17) is 4.74 Å². The van der Waals surface area contributed by atoms with Crippen LogP contribution in [0.4, 0.5) is 26.0 Å². The molecule has 27 heavy (non-hydrogen) atoms. The first-order chi connectivity index (χ1) is 13.0. The molecule has 0 bridgehead atoms. The second-order valence-corrected chi connectivity index (χ2v) is 5.83. The van der Waals surface area contributed by atoms with E-state index in [0.29, 0.717) is 17.3 Å². The van der Waals surface area contributed by atoms with Crippen LogP contribution in [0, 0.1) is 18.6 Å². The van der Waals surface area contributed by atoms with Gasteiger partial charge < -0.3 is 15.4 Å². The first kappa shape index (κ1) is 18.3. The van der Waals surface area contributed by atoms with E-state index in [-0.39, 0.29) is 18.2 Å². The Morgan fingerprint density at radius 1 is 1.07 bits per heavy atom. The molecule has 5 nitrogen and oxygen atoms in total. The van der Waals surface area contributed by atoms with Crippen LogP contribution in [0.1, 0.15) is 5.56 Å². The monoisotopic (exact) mass is 369 g/mol. The third-order valence-electron chi connectivity index (χ3n) is 3.63. The molecule has 2 aromatic carbocycles. The van der Waals surface area contributed by atoms with Crippen LogP contribution in [-0.2, 0) is 4.79 Å². The van der Waals surface area contributed by atoms with Gasteiger partial charge in [-0.05, 0) is 43.3 Å². The van der Waals surface area contributed by atoms with Gasteiger partial charge in [-0.25, -0.2) is 13.8 Å². The van der Waals surface area contributed by atoms with Gasteiger partial charge in [-0.15, -0.1) is 0 Å². The quantitative estimate of drug-likeness (QED) is 0.675. The minimum Gasteiger partial charge on any atom is -0.484 e. The van der Waals surface area contributed by atoms with Crippen LogP contribution in [-0.4, -0.2) is 17.5 Å². The Kier molecular flexibility index (Phi) is 5.61. The van der Waals surface area contributed by atoms with Crippen molar-refractivity contribution < 1.29 is 18.3 Å². The number of carbonyl (C=O) groups excluding carboxylic acids is 1. The highest BCUT2D eigenvalue weighted by Gasteiger charge is 2.07. The number of benzene rings is 2. The van der Waals surface area contributed by atoms with Gasteiger partial charge in [0.15, 0.2) is 6.61 Å². The maximum Gasteiger partial charge on any atom is 0.263 e. The summed E-state index contributed by atoms with van der Waals surface area (Å²) in [5.41, 5.74) is 1.72. The number of nitrogens with zero attached hydrogens (tertiary/aromatic N) is 1. The van der Waals surface area contributed by atoms with E-state index in [2.05, 4.69) is 15.6 Å². The molecule has 0 spiro atoms. The molecule has 1 heterocycles. The molecule has 0 saturated carbocycles. The second-order valence-electron chi connectivity index (χ2n) is 5.83. The number of rotatable bonds is 6. The number of ether oxygens (including phenoxy) is 1. The van der Waals surface area contributed by atoms with Crippen LogP contribution in [0.2, 0.25) is 0 Å². The lowest BCUT2D eigenvalue weighted by Crippen LogP contribution is -2.20. The first-order valence-corrected chi connectivity index (χ1v) is 8.17. The standard InChI is InChI=1S/C20H17F2N3O2/c1-13-2-6-16(7-3-13)27-12-20(26)25-19-9-5-15(11-23-19)24-18-8-4-14(21)10-17(18)22/h2-11,24H,12H2,1H3,(H,23,25,26). The highest BCUT2D eigenvalue weighted by molar-refractivity contribution is 5.91. The van der Waals surface area contributed by atoms with Crippen LogP contribution in [0.5, 0.6) is 5.75 Å². The van der Waals surface area contributed by atoms with Crippen LogP contribution >= 0.6 is 0 Å². The Morgan fingerprint density at radius 2 is 1.85 bits per heavy atom. The molecule has 0 unspecified atom stereocenters. The Labute approximate surface area is 155 Å². The van der Waals surface area contributed by atoms with Crippen LogP contribution in [0.15, 0.2) is 60.8 Å².